The smallest absolute Gasteiger partial charge is 0.341 e. The summed E-state index contributed by atoms with van der Waals surface area (Å²) in [5, 5.41) is 3.40. The van der Waals surface area contributed by atoms with Gasteiger partial charge in [0.1, 0.15) is 0 Å². The average molecular weight is 391 g/mol. The molecule has 2 aromatic rings. The van der Waals surface area contributed by atoms with Gasteiger partial charge in [0, 0.05) is 43.9 Å². The Morgan fingerprint density at radius 1 is 1.07 bits per heavy atom. The second-order valence-electron chi connectivity index (χ2n) is 7.53. The summed E-state index contributed by atoms with van der Waals surface area (Å²) >= 11 is 0. The standard InChI is InChI=1S/C20H24F3N5/c21-20(22,23)15-5-7-25-16(10-15)11-17-12-18(14-4-3-6-24-13-14)27-19(26-17)28-8-1-2-9-28/h5,7,10,12,14,24H,1-4,6,8-9,11,13H2. The molecule has 2 fully saturated rings. The molecule has 1 N–H and O–H groups in total. The summed E-state index contributed by atoms with van der Waals surface area (Å²) in [5.41, 5.74) is 1.40. The number of piperidine rings is 1. The van der Waals surface area contributed by atoms with E-state index in [1.807, 2.05) is 6.07 Å². The highest BCUT2D eigenvalue weighted by Gasteiger charge is 2.30. The van der Waals surface area contributed by atoms with Gasteiger partial charge >= 0.3 is 6.18 Å². The number of hydrogen-bond donors (Lipinski definition) is 1. The fourth-order valence-electron chi connectivity index (χ4n) is 3.90. The minimum atomic E-state index is -4.37. The van der Waals surface area contributed by atoms with Gasteiger partial charge in [0.05, 0.1) is 17.0 Å². The van der Waals surface area contributed by atoms with E-state index in [1.54, 1.807) is 0 Å². The van der Waals surface area contributed by atoms with Gasteiger partial charge in [-0.3, -0.25) is 4.98 Å². The lowest BCUT2D eigenvalue weighted by atomic mass is 9.95. The minimum Gasteiger partial charge on any atom is -0.341 e. The largest absolute Gasteiger partial charge is 0.416 e. The maximum absolute atomic E-state index is 13.0. The molecule has 8 heteroatoms. The highest BCUT2D eigenvalue weighted by molar-refractivity contribution is 5.36. The Kier molecular flexibility index (Phi) is 5.48. The lowest BCUT2D eigenvalue weighted by Crippen LogP contribution is -2.30. The van der Waals surface area contributed by atoms with E-state index >= 15 is 0 Å². The Hall–Kier alpha value is -2.22. The van der Waals surface area contributed by atoms with Gasteiger partial charge in [-0.25, -0.2) is 9.97 Å². The third kappa shape index (κ3) is 4.43. The van der Waals surface area contributed by atoms with Crippen LogP contribution in [0.5, 0.6) is 0 Å². The summed E-state index contributed by atoms with van der Waals surface area (Å²) in [6, 6.07) is 4.05. The van der Waals surface area contributed by atoms with Crippen LogP contribution in [0.25, 0.3) is 0 Å². The lowest BCUT2D eigenvalue weighted by Gasteiger charge is -2.24. The molecule has 2 saturated heterocycles. The zero-order valence-corrected chi connectivity index (χ0v) is 15.7. The van der Waals surface area contributed by atoms with Gasteiger partial charge in [-0.1, -0.05) is 0 Å². The van der Waals surface area contributed by atoms with Gasteiger partial charge < -0.3 is 10.2 Å². The number of nitrogens with zero attached hydrogens (tertiary/aromatic N) is 4. The molecule has 0 spiro atoms. The van der Waals surface area contributed by atoms with Gasteiger partial charge in [-0.15, -0.1) is 0 Å². The quantitative estimate of drug-likeness (QED) is 0.864. The van der Waals surface area contributed by atoms with Crippen LogP contribution in [-0.2, 0) is 12.6 Å². The first-order valence-electron chi connectivity index (χ1n) is 9.85. The number of rotatable bonds is 4. The van der Waals surface area contributed by atoms with Crippen molar-refractivity contribution in [2.24, 2.45) is 0 Å². The summed E-state index contributed by atoms with van der Waals surface area (Å²) in [5.74, 6) is 1.01. The molecule has 2 aliphatic heterocycles. The molecule has 150 valence electrons. The predicted molar refractivity (Wildman–Crippen MR) is 100 cm³/mol. The summed E-state index contributed by atoms with van der Waals surface area (Å²) in [6.07, 6.45) is 1.49. The second-order valence-corrected chi connectivity index (χ2v) is 7.53. The molecule has 0 aromatic carbocycles. The topological polar surface area (TPSA) is 53.9 Å². The van der Waals surface area contributed by atoms with Crippen molar-refractivity contribution in [1.82, 2.24) is 20.3 Å². The third-order valence-corrected chi connectivity index (χ3v) is 5.40. The summed E-state index contributed by atoms with van der Waals surface area (Å²) in [4.78, 5) is 15.8. The Morgan fingerprint density at radius 2 is 1.89 bits per heavy atom. The van der Waals surface area contributed by atoms with Crippen molar-refractivity contribution in [2.75, 3.05) is 31.1 Å². The predicted octanol–water partition coefficient (Wildman–Crippen LogP) is 3.55. The normalized spacial score (nSPS) is 20.5. The second kappa shape index (κ2) is 8.03. The molecular weight excluding hydrogens is 367 g/mol. The number of anilines is 1. The number of alkyl halides is 3. The Balaban J connectivity index is 1.64. The van der Waals surface area contributed by atoms with Crippen molar-refractivity contribution in [1.29, 1.82) is 0 Å². The van der Waals surface area contributed by atoms with Gasteiger partial charge in [-0.2, -0.15) is 13.2 Å². The van der Waals surface area contributed by atoms with Crippen LogP contribution in [0, 0.1) is 0 Å². The SMILES string of the molecule is FC(F)(F)c1ccnc(Cc2cc(C3CCCNC3)nc(N3CCCC3)n2)c1. The molecule has 0 saturated carbocycles. The highest BCUT2D eigenvalue weighted by Crippen LogP contribution is 2.30. The molecule has 0 amide bonds. The van der Waals surface area contributed by atoms with E-state index in [0.717, 1.165) is 75.4 Å². The molecule has 4 heterocycles. The fourth-order valence-corrected chi connectivity index (χ4v) is 3.90. The Morgan fingerprint density at radius 3 is 2.61 bits per heavy atom. The van der Waals surface area contributed by atoms with Crippen LogP contribution >= 0.6 is 0 Å². The number of aromatic nitrogens is 3. The van der Waals surface area contributed by atoms with Crippen molar-refractivity contribution in [3.8, 4) is 0 Å². The van der Waals surface area contributed by atoms with Crippen molar-refractivity contribution in [3.05, 3.63) is 47.0 Å². The molecule has 2 aromatic heterocycles. The van der Waals surface area contributed by atoms with Crippen LogP contribution in [0.15, 0.2) is 24.4 Å². The zero-order chi connectivity index (χ0) is 19.6. The van der Waals surface area contributed by atoms with Crippen molar-refractivity contribution in [3.63, 3.8) is 0 Å². The van der Waals surface area contributed by atoms with E-state index in [2.05, 4.69) is 20.2 Å². The monoisotopic (exact) mass is 391 g/mol. The van der Waals surface area contributed by atoms with Crippen LogP contribution < -0.4 is 10.2 Å². The summed E-state index contributed by atoms with van der Waals surface area (Å²) in [6.45, 7) is 3.74. The molecule has 2 aliphatic rings. The molecule has 0 bridgehead atoms. The van der Waals surface area contributed by atoms with E-state index in [0.29, 0.717) is 17.6 Å². The van der Waals surface area contributed by atoms with E-state index in [4.69, 9.17) is 4.98 Å². The number of pyridine rings is 1. The van der Waals surface area contributed by atoms with Gasteiger partial charge in [0.2, 0.25) is 5.95 Å². The molecule has 0 radical (unpaired) electrons. The van der Waals surface area contributed by atoms with Gasteiger partial charge in [0.15, 0.2) is 0 Å². The molecule has 1 atom stereocenters. The van der Waals surface area contributed by atoms with Crippen LogP contribution in [0.3, 0.4) is 0 Å². The van der Waals surface area contributed by atoms with E-state index in [9.17, 15) is 13.2 Å². The van der Waals surface area contributed by atoms with Gasteiger partial charge in [0.25, 0.3) is 0 Å². The highest BCUT2D eigenvalue weighted by atomic mass is 19.4. The van der Waals surface area contributed by atoms with Crippen molar-refractivity contribution < 1.29 is 13.2 Å². The Labute approximate surface area is 162 Å². The first-order valence-corrected chi connectivity index (χ1v) is 9.85. The molecule has 4 rings (SSSR count). The molecule has 0 aliphatic carbocycles. The van der Waals surface area contributed by atoms with E-state index in [-0.39, 0.29) is 6.42 Å². The van der Waals surface area contributed by atoms with Gasteiger partial charge in [-0.05, 0) is 50.4 Å². The third-order valence-electron chi connectivity index (χ3n) is 5.40. The first-order chi connectivity index (χ1) is 13.5. The fraction of sp³-hybridized carbons (Fsp3) is 0.550. The molecule has 1 unspecified atom stereocenters. The summed E-state index contributed by atoms with van der Waals surface area (Å²) in [7, 11) is 0. The van der Waals surface area contributed by atoms with E-state index in [1.165, 1.54) is 6.20 Å². The maximum atomic E-state index is 13.0. The van der Waals surface area contributed by atoms with Crippen LogP contribution in [0.2, 0.25) is 0 Å². The van der Waals surface area contributed by atoms with Crippen molar-refractivity contribution >= 4 is 5.95 Å². The van der Waals surface area contributed by atoms with E-state index < -0.39 is 11.7 Å². The van der Waals surface area contributed by atoms with Crippen LogP contribution in [0.4, 0.5) is 19.1 Å². The number of hydrogen-bond acceptors (Lipinski definition) is 5. The minimum absolute atomic E-state index is 0.264. The summed E-state index contributed by atoms with van der Waals surface area (Å²) < 4.78 is 39.0. The van der Waals surface area contributed by atoms with Crippen molar-refractivity contribution in [2.45, 2.75) is 44.2 Å². The van der Waals surface area contributed by atoms with Crippen LogP contribution in [-0.4, -0.2) is 41.1 Å². The molecule has 5 nitrogen and oxygen atoms in total. The van der Waals surface area contributed by atoms with Crippen LogP contribution in [0.1, 0.15) is 54.2 Å². The lowest BCUT2D eigenvalue weighted by molar-refractivity contribution is -0.137. The Bertz CT molecular complexity index is 812. The maximum Gasteiger partial charge on any atom is 0.416 e. The number of halogens is 3. The zero-order valence-electron chi connectivity index (χ0n) is 15.7. The number of nitrogens with one attached hydrogen (secondary N) is 1. The average Bonchev–Trinajstić information content (AvgIpc) is 3.23. The first kappa shape index (κ1) is 19.1. The molecular formula is C20H24F3N5. The molecule has 28 heavy (non-hydrogen) atoms.